The van der Waals surface area contributed by atoms with E-state index in [1.165, 1.54) is 16.4 Å². The van der Waals surface area contributed by atoms with Gasteiger partial charge < -0.3 is 10.0 Å². The molecule has 6 nitrogen and oxygen atoms in total. The first-order valence-electron chi connectivity index (χ1n) is 12.4. The van der Waals surface area contributed by atoms with Crippen molar-refractivity contribution in [2.75, 3.05) is 31.1 Å². The van der Waals surface area contributed by atoms with Crippen molar-refractivity contribution in [2.24, 2.45) is 0 Å². The summed E-state index contributed by atoms with van der Waals surface area (Å²) in [6.07, 6.45) is 0.669. The molecule has 11 heteroatoms. The van der Waals surface area contributed by atoms with Crippen molar-refractivity contribution in [3.05, 3.63) is 53.0 Å². The molecule has 1 saturated heterocycles. The van der Waals surface area contributed by atoms with Gasteiger partial charge in [0.25, 0.3) is 0 Å². The summed E-state index contributed by atoms with van der Waals surface area (Å²) in [5.74, 6) is 0. The molecule has 0 amide bonds. The maximum Gasteiger partial charge on any atom is 0.421 e. The van der Waals surface area contributed by atoms with Gasteiger partial charge in [-0.25, -0.2) is 8.42 Å². The third-order valence-corrected chi connectivity index (χ3v) is 9.55. The van der Waals surface area contributed by atoms with Gasteiger partial charge in [-0.3, -0.25) is 4.90 Å². The van der Waals surface area contributed by atoms with Crippen LogP contribution in [-0.2, 0) is 15.6 Å². The molecule has 37 heavy (non-hydrogen) atoms. The van der Waals surface area contributed by atoms with E-state index >= 15 is 0 Å². The van der Waals surface area contributed by atoms with Crippen LogP contribution in [0.5, 0.6) is 0 Å². The van der Waals surface area contributed by atoms with Crippen molar-refractivity contribution in [1.82, 2.24) is 9.21 Å². The van der Waals surface area contributed by atoms with Gasteiger partial charge in [-0.2, -0.15) is 17.5 Å². The predicted molar refractivity (Wildman–Crippen MR) is 145 cm³/mol. The Kier molecular flexibility index (Phi) is 8.96. The highest BCUT2D eigenvalue weighted by Crippen LogP contribution is 2.39. The second kappa shape index (κ2) is 11.1. The monoisotopic (exact) mass is 559 g/mol. The van der Waals surface area contributed by atoms with Gasteiger partial charge in [0.15, 0.2) is 5.60 Å². The van der Waals surface area contributed by atoms with E-state index in [4.69, 9.17) is 12.2 Å². The topological polar surface area (TPSA) is 64.1 Å². The number of allylic oxidation sites excluding steroid dienone is 4. The molecule has 1 unspecified atom stereocenters. The van der Waals surface area contributed by atoms with Crippen LogP contribution in [0.1, 0.15) is 46.6 Å². The van der Waals surface area contributed by atoms with Crippen LogP contribution in [0, 0.1) is 0 Å². The Morgan fingerprint density at radius 3 is 2.22 bits per heavy atom. The highest BCUT2D eigenvalue weighted by atomic mass is 32.2. The average molecular weight is 560 g/mol. The quantitative estimate of drug-likeness (QED) is 0.470. The van der Waals surface area contributed by atoms with Crippen molar-refractivity contribution in [3.8, 4) is 0 Å². The Hall–Kier alpha value is -1.79. The van der Waals surface area contributed by atoms with Crippen molar-refractivity contribution in [1.29, 1.82) is 0 Å². The van der Waals surface area contributed by atoms with Crippen LogP contribution in [0.15, 0.2) is 47.4 Å². The molecule has 206 valence electrons. The van der Waals surface area contributed by atoms with Gasteiger partial charge in [-0.15, -0.1) is 0 Å². The zero-order valence-electron chi connectivity index (χ0n) is 21.9. The highest BCUT2D eigenvalue weighted by Gasteiger charge is 2.51. The van der Waals surface area contributed by atoms with E-state index in [9.17, 15) is 26.7 Å². The van der Waals surface area contributed by atoms with Crippen molar-refractivity contribution in [2.45, 2.75) is 70.9 Å². The number of anilines is 1. The summed E-state index contributed by atoms with van der Waals surface area (Å²) in [5.41, 5.74) is -2.55. The number of benzene rings is 1. The van der Waals surface area contributed by atoms with E-state index in [0.29, 0.717) is 30.1 Å². The molecule has 1 aromatic carbocycles. The average Bonchev–Trinajstić information content (AvgIpc) is 2.81. The van der Waals surface area contributed by atoms with Crippen LogP contribution in [0.3, 0.4) is 0 Å². The number of alkyl halides is 3. The number of piperazine rings is 1. The van der Waals surface area contributed by atoms with E-state index in [1.54, 1.807) is 24.3 Å². The Morgan fingerprint density at radius 2 is 1.70 bits per heavy atom. The molecule has 0 aromatic heterocycles. The van der Waals surface area contributed by atoms with Crippen LogP contribution >= 0.6 is 12.2 Å². The van der Waals surface area contributed by atoms with E-state index in [0.717, 1.165) is 6.92 Å². The fraction of sp³-hybridized carbons (Fsp3) is 0.577. The molecule has 1 fully saturated rings. The number of hydrogen-bond donors (Lipinski definition) is 1. The van der Waals surface area contributed by atoms with Crippen molar-refractivity contribution >= 4 is 32.8 Å². The van der Waals surface area contributed by atoms with Gasteiger partial charge >= 0.3 is 6.18 Å². The van der Waals surface area contributed by atoms with Gasteiger partial charge in [0.1, 0.15) is 0 Å². The maximum absolute atomic E-state index is 13.5. The Bertz CT molecular complexity index is 1140. The smallest absolute Gasteiger partial charge is 0.376 e. The molecule has 2 aliphatic rings. The van der Waals surface area contributed by atoms with Crippen LogP contribution in [0.2, 0.25) is 0 Å². The molecule has 0 spiro atoms. The summed E-state index contributed by atoms with van der Waals surface area (Å²) in [5, 5.41) is 10.0. The number of nitrogens with zero attached hydrogens (tertiary/aromatic N) is 3. The maximum atomic E-state index is 13.5. The first kappa shape index (κ1) is 29.8. The van der Waals surface area contributed by atoms with Gasteiger partial charge in [0.2, 0.25) is 10.0 Å². The first-order valence-corrected chi connectivity index (χ1v) is 14.2. The molecule has 0 bridgehead atoms. The molecule has 1 aliphatic carbocycles. The molecule has 1 N–H and O–H groups in total. The Labute approximate surface area is 223 Å². The molecule has 3 rings (SSSR count). The van der Waals surface area contributed by atoms with Gasteiger partial charge in [0.05, 0.1) is 10.9 Å². The summed E-state index contributed by atoms with van der Waals surface area (Å²) in [6.45, 7) is 10.4. The molecular weight excluding hydrogens is 523 g/mol. The molecule has 1 aromatic rings. The number of aliphatic hydroxyl groups is 1. The number of rotatable bonds is 8. The molecule has 0 radical (unpaired) electrons. The van der Waals surface area contributed by atoms with E-state index in [1.807, 2.05) is 11.0 Å². The number of sulfonamides is 1. The Morgan fingerprint density at radius 1 is 1.11 bits per heavy atom. The summed E-state index contributed by atoms with van der Waals surface area (Å²) in [6, 6.07) is 5.84. The minimum absolute atomic E-state index is 0.153. The fourth-order valence-electron chi connectivity index (χ4n) is 4.84. The van der Waals surface area contributed by atoms with Crippen LogP contribution in [-0.4, -0.2) is 78.1 Å². The fourth-order valence-corrected chi connectivity index (χ4v) is 6.91. The van der Waals surface area contributed by atoms with Gasteiger partial charge in [-0.05, 0) is 58.4 Å². The van der Waals surface area contributed by atoms with E-state index in [-0.39, 0.29) is 41.7 Å². The third kappa shape index (κ3) is 6.27. The lowest BCUT2D eigenvalue weighted by atomic mass is 9.95. The predicted octanol–water partition coefficient (Wildman–Crippen LogP) is 4.61. The van der Waals surface area contributed by atoms with Crippen molar-refractivity contribution < 1.29 is 26.7 Å². The number of thiocarbonyl (C=S) groups is 1. The van der Waals surface area contributed by atoms with Crippen LogP contribution in [0.25, 0.3) is 0 Å². The molecule has 1 heterocycles. The lowest BCUT2D eigenvalue weighted by molar-refractivity contribution is -0.258. The van der Waals surface area contributed by atoms with E-state index < -0.39 is 21.8 Å². The zero-order chi connectivity index (χ0) is 27.8. The SMILES string of the molecule is CC(C)N(C[C@H]1CN(S(=O)(=O)C2=CC=CCC2=S)CCN1c1ccc(C(C)(O)C(F)(F)F)cc1)C(C)C. The summed E-state index contributed by atoms with van der Waals surface area (Å²) >= 11 is 5.34. The summed E-state index contributed by atoms with van der Waals surface area (Å²) in [4.78, 5) is 4.85. The van der Waals surface area contributed by atoms with Gasteiger partial charge in [-0.1, -0.05) is 36.5 Å². The molecule has 2 atom stereocenters. The summed E-state index contributed by atoms with van der Waals surface area (Å²) in [7, 11) is -3.79. The third-order valence-electron chi connectivity index (χ3n) is 7.09. The number of halogens is 3. The molecular formula is C26H36F3N3O3S2. The molecule has 1 aliphatic heterocycles. The lowest BCUT2D eigenvalue weighted by Crippen LogP contribution is -2.60. The standard InChI is InChI=1S/C26H36F3N3O3S2/c1-18(2)32(19(3)4)17-22-16-30(37(34,35)24-9-7-6-8-23(24)36)14-15-31(22)21-12-10-20(11-13-21)25(5,33)26(27,28)29/h6-7,9-13,18-19,22,33H,8,14-17H2,1-5H3/t22-,25?/m1/s1. The van der Waals surface area contributed by atoms with Crippen molar-refractivity contribution in [3.63, 3.8) is 0 Å². The lowest BCUT2D eigenvalue weighted by Gasteiger charge is -2.45. The second-order valence-electron chi connectivity index (χ2n) is 10.3. The summed E-state index contributed by atoms with van der Waals surface area (Å²) < 4.78 is 68.5. The van der Waals surface area contributed by atoms with E-state index in [2.05, 4.69) is 32.6 Å². The van der Waals surface area contributed by atoms with Gasteiger partial charge in [0, 0.05) is 55.2 Å². The minimum Gasteiger partial charge on any atom is -0.376 e. The minimum atomic E-state index is -4.81. The first-order chi connectivity index (χ1) is 17.1. The largest absolute Gasteiger partial charge is 0.421 e. The molecule has 0 saturated carbocycles. The second-order valence-corrected chi connectivity index (χ2v) is 12.7. The van der Waals surface area contributed by atoms with Crippen LogP contribution < -0.4 is 4.90 Å². The normalized spacial score (nSPS) is 21.6. The Balaban J connectivity index is 1.94. The highest BCUT2D eigenvalue weighted by molar-refractivity contribution is 7.96. The zero-order valence-corrected chi connectivity index (χ0v) is 23.5. The van der Waals surface area contributed by atoms with Crippen LogP contribution in [0.4, 0.5) is 18.9 Å². The number of hydrogen-bond acceptors (Lipinski definition) is 6.